The van der Waals surface area contributed by atoms with Crippen molar-refractivity contribution in [3.63, 3.8) is 0 Å². The first kappa shape index (κ1) is 12.6. The van der Waals surface area contributed by atoms with Crippen LogP contribution in [-0.2, 0) is 0 Å². The molecule has 0 radical (unpaired) electrons. The summed E-state index contributed by atoms with van der Waals surface area (Å²) in [5.41, 5.74) is 2.04. The second-order valence-electron chi connectivity index (χ2n) is 3.82. The van der Waals surface area contributed by atoms with Gasteiger partial charge in [-0.2, -0.15) is 5.10 Å². The highest BCUT2D eigenvalue weighted by Gasteiger charge is 2.09. The van der Waals surface area contributed by atoms with Crippen LogP contribution in [0.15, 0.2) is 35.1 Å². The zero-order chi connectivity index (χ0) is 12.4. The summed E-state index contributed by atoms with van der Waals surface area (Å²) in [6.07, 6.45) is 3.64. The third kappa shape index (κ3) is 2.70. The molecule has 1 unspecified atom stereocenters. The molecule has 1 aromatic carbocycles. The molecule has 0 saturated carbocycles. The van der Waals surface area contributed by atoms with E-state index in [1.165, 1.54) is 0 Å². The highest BCUT2D eigenvalue weighted by atomic mass is 79.9. The van der Waals surface area contributed by atoms with Crippen LogP contribution in [0.1, 0.15) is 18.5 Å². The molecule has 1 atom stereocenters. The topological polar surface area (TPSA) is 29.9 Å². The molecule has 0 aliphatic carbocycles. The Bertz CT molecular complexity index is 524. The van der Waals surface area contributed by atoms with E-state index in [2.05, 4.69) is 33.3 Å². The normalized spacial score (nSPS) is 12.7. The van der Waals surface area contributed by atoms with Crippen LogP contribution in [0.5, 0.6) is 0 Å². The third-order valence-electron chi connectivity index (χ3n) is 2.70. The van der Waals surface area contributed by atoms with E-state index in [1.807, 2.05) is 31.4 Å². The van der Waals surface area contributed by atoms with Crippen molar-refractivity contribution >= 4 is 27.5 Å². The first-order valence-corrected chi connectivity index (χ1v) is 6.46. The number of hydrogen-bond acceptors (Lipinski definition) is 2. The maximum Gasteiger partial charge on any atom is 0.0661 e. The van der Waals surface area contributed by atoms with Gasteiger partial charge in [-0.25, -0.2) is 4.68 Å². The van der Waals surface area contributed by atoms with E-state index < -0.39 is 0 Å². The molecule has 17 heavy (non-hydrogen) atoms. The van der Waals surface area contributed by atoms with Gasteiger partial charge in [-0.1, -0.05) is 17.7 Å². The Kier molecular flexibility index (Phi) is 3.86. The Morgan fingerprint density at radius 1 is 1.47 bits per heavy atom. The Labute approximate surface area is 114 Å². The van der Waals surface area contributed by atoms with Crippen molar-refractivity contribution in [2.24, 2.45) is 0 Å². The van der Waals surface area contributed by atoms with Crippen LogP contribution in [0.25, 0.3) is 5.69 Å². The number of nitrogens with one attached hydrogen (secondary N) is 1. The summed E-state index contributed by atoms with van der Waals surface area (Å²) >= 11 is 9.64. The zero-order valence-electron chi connectivity index (χ0n) is 9.61. The summed E-state index contributed by atoms with van der Waals surface area (Å²) in [6.45, 7) is 2.07. The van der Waals surface area contributed by atoms with E-state index in [-0.39, 0.29) is 6.04 Å². The van der Waals surface area contributed by atoms with Crippen LogP contribution in [0.4, 0.5) is 0 Å². The van der Waals surface area contributed by atoms with Crippen molar-refractivity contribution < 1.29 is 0 Å². The van der Waals surface area contributed by atoms with Gasteiger partial charge in [-0.15, -0.1) is 0 Å². The summed E-state index contributed by atoms with van der Waals surface area (Å²) in [4.78, 5) is 0. The molecule has 0 spiro atoms. The number of halogens is 2. The Morgan fingerprint density at radius 2 is 2.24 bits per heavy atom. The van der Waals surface area contributed by atoms with E-state index in [1.54, 1.807) is 10.9 Å². The summed E-state index contributed by atoms with van der Waals surface area (Å²) in [5, 5.41) is 8.13. The smallest absolute Gasteiger partial charge is 0.0661 e. The standard InChI is InChI=1S/C12H13BrClN3/c1-8(15-2)11-4-3-10(5-12(11)14)17-7-9(13)6-16-17/h3-8,15H,1-2H3. The Hall–Kier alpha value is -0.840. The van der Waals surface area contributed by atoms with Crippen LogP contribution in [0.3, 0.4) is 0 Å². The van der Waals surface area contributed by atoms with Crippen molar-refractivity contribution in [3.05, 3.63) is 45.7 Å². The van der Waals surface area contributed by atoms with E-state index in [0.29, 0.717) is 0 Å². The largest absolute Gasteiger partial charge is 0.313 e. The Balaban J connectivity index is 2.37. The molecule has 0 bridgehead atoms. The number of aromatic nitrogens is 2. The predicted octanol–water partition coefficient (Wildman–Crippen LogP) is 3.57. The fourth-order valence-electron chi connectivity index (χ4n) is 1.61. The van der Waals surface area contributed by atoms with Gasteiger partial charge in [-0.05, 0) is 47.6 Å². The highest BCUT2D eigenvalue weighted by molar-refractivity contribution is 9.10. The number of rotatable bonds is 3. The molecule has 0 fully saturated rings. The van der Waals surface area contributed by atoms with Crippen LogP contribution in [-0.4, -0.2) is 16.8 Å². The average molecular weight is 315 g/mol. The Morgan fingerprint density at radius 3 is 2.76 bits per heavy atom. The lowest BCUT2D eigenvalue weighted by Gasteiger charge is -2.13. The quantitative estimate of drug-likeness (QED) is 0.938. The van der Waals surface area contributed by atoms with E-state index >= 15 is 0 Å². The SMILES string of the molecule is CNC(C)c1ccc(-n2cc(Br)cn2)cc1Cl. The second-order valence-corrected chi connectivity index (χ2v) is 5.14. The van der Waals surface area contributed by atoms with Gasteiger partial charge in [0.15, 0.2) is 0 Å². The van der Waals surface area contributed by atoms with Crippen LogP contribution in [0.2, 0.25) is 5.02 Å². The summed E-state index contributed by atoms with van der Waals surface area (Å²) < 4.78 is 2.73. The fourth-order valence-corrected chi connectivity index (χ4v) is 2.23. The molecule has 1 N–H and O–H groups in total. The molecule has 5 heteroatoms. The van der Waals surface area contributed by atoms with Gasteiger partial charge in [0.2, 0.25) is 0 Å². The highest BCUT2D eigenvalue weighted by Crippen LogP contribution is 2.25. The van der Waals surface area contributed by atoms with Gasteiger partial charge >= 0.3 is 0 Å². The lowest BCUT2D eigenvalue weighted by Crippen LogP contribution is -2.12. The molecule has 0 saturated heterocycles. The van der Waals surface area contributed by atoms with Crippen LogP contribution < -0.4 is 5.32 Å². The monoisotopic (exact) mass is 313 g/mol. The van der Waals surface area contributed by atoms with Crippen LogP contribution >= 0.6 is 27.5 Å². The van der Waals surface area contributed by atoms with Gasteiger partial charge in [-0.3, -0.25) is 0 Å². The minimum Gasteiger partial charge on any atom is -0.313 e. The summed E-state index contributed by atoms with van der Waals surface area (Å²) in [5.74, 6) is 0. The van der Waals surface area contributed by atoms with Crippen molar-refractivity contribution in [2.75, 3.05) is 7.05 Å². The molecule has 90 valence electrons. The van der Waals surface area contributed by atoms with Gasteiger partial charge in [0.1, 0.15) is 0 Å². The van der Waals surface area contributed by atoms with Crippen LogP contribution in [0, 0.1) is 0 Å². The number of nitrogens with zero attached hydrogens (tertiary/aromatic N) is 2. The van der Waals surface area contributed by atoms with Crippen molar-refractivity contribution in [1.82, 2.24) is 15.1 Å². The maximum absolute atomic E-state index is 6.27. The minimum atomic E-state index is 0.237. The number of hydrogen-bond donors (Lipinski definition) is 1. The summed E-state index contributed by atoms with van der Waals surface area (Å²) in [7, 11) is 1.92. The third-order valence-corrected chi connectivity index (χ3v) is 3.44. The lowest BCUT2D eigenvalue weighted by atomic mass is 10.1. The lowest BCUT2D eigenvalue weighted by molar-refractivity contribution is 0.652. The average Bonchev–Trinajstić information content (AvgIpc) is 2.75. The number of benzene rings is 1. The molecule has 2 rings (SSSR count). The van der Waals surface area contributed by atoms with Crippen molar-refractivity contribution in [1.29, 1.82) is 0 Å². The molecular formula is C12H13BrClN3. The fraction of sp³-hybridized carbons (Fsp3) is 0.250. The first-order chi connectivity index (χ1) is 8.11. The van der Waals surface area contributed by atoms with E-state index in [4.69, 9.17) is 11.6 Å². The molecule has 0 amide bonds. The van der Waals surface area contributed by atoms with Gasteiger partial charge in [0.05, 0.1) is 16.4 Å². The molecule has 0 aliphatic heterocycles. The van der Waals surface area contributed by atoms with E-state index in [0.717, 1.165) is 20.7 Å². The predicted molar refractivity (Wildman–Crippen MR) is 73.7 cm³/mol. The molecule has 0 aliphatic rings. The molecular weight excluding hydrogens is 302 g/mol. The first-order valence-electron chi connectivity index (χ1n) is 5.29. The molecule has 2 aromatic rings. The minimum absolute atomic E-state index is 0.237. The van der Waals surface area contributed by atoms with Gasteiger partial charge < -0.3 is 5.32 Å². The molecule has 1 aromatic heterocycles. The van der Waals surface area contributed by atoms with Crippen molar-refractivity contribution in [2.45, 2.75) is 13.0 Å². The van der Waals surface area contributed by atoms with Crippen molar-refractivity contribution in [3.8, 4) is 5.69 Å². The van der Waals surface area contributed by atoms with E-state index in [9.17, 15) is 0 Å². The zero-order valence-corrected chi connectivity index (χ0v) is 12.0. The molecule has 3 nitrogen and oxygen atoms in total. The summed E-state index contributed by atoms with van der Waals surface area (Å²) in [6, 6.07) is 6.19. The maximum atomic E-state index is 6.27. The second kappa shape index (κ2) is 5.21. The van der Waals surface area contributed by atoms with Gasteiger partial charge in [0.25, 0.3) is 0 Å². The molecule has 1 heterocycles. The van der Waals surface area contributed by atoms with Gasteiger partial charge in [0, 0.05) is 17.3 Å².